The molecule has 3 rings (SSSR count). The summed E-state index contributed by atoms with van der Waals surface area (Å²) in [6.07, 6.45) is 5.29. The number of carbonyl (C=O) groups excluding carboxylic acids is 3. The van der Waals surface area contributed by atoms with E-state index < -0.39 is 5.54 Å². The van der Waals surface area contributed by atoms with Crippen LogP contribution in [0.5, 0.6) is 0 Å². The van der Waals surface area contributed by atoms with Crippen molar-refractivity contribution in [3.63, 3.8) is 0 Å². The fourth-order valence-corrected chi connectivity index (χ4v) is 4.34. The number of carbonyl (C=O) groups is 3. The van der Waals surface area contributed by atoms with Crippen LogP contribution in [0.15, 0.2) is 0 Å². The van der Waals surface area contributed by atoms with Gasteiger partial charge in [-0.15, -0.1) is 12.4 Å². The fourth-order valence-electron chi connectivity index (χ4n) is 4.34. The van der Waals surface area contributed by atoms with Gasteiger partial charge in [-0.2, -0.15) is 0 Å². The molecule has 154 valence electrons. The lowest BCUT2D eigenvalue weighted by molar-refractivity contribution is -0.137. The van der Waals surface area contributed by atoms with E-state index in [9.17, 15) is 14.4 Å². The summed E-state index contributed by atoms with van der Waals surface area (Å²) >= 11 is 0. The Balaban J connectivity index is 0.00000261. The lowest BCUT2D eigenvalue weighted by Crippen LogP contribution is -2.49. The van der Waals surface area contributed by atoms with Gasteiger partial charge in [0.15, 0.2) is 0 Å². The highest BCUT2D eigenvalue weighted by atomic mass is 35.5. The Kier molecular flexibility index (Phi) is 7.88. The van der Waals surface area contributed by atoms with Crippen molar-refractivity contribution in [2.24, 2.45) is 0 Å². The molecule has 1 aliphatic carbocycles. The largest absolute Gasteiger partial charge is 0.354 e. The molecule has 27 heavy (non-hydrogen) atoms. The molecule has 3 aliphatic rings. The van der Waals surface area contributed by atoms with Crippen molar-refractivity contribution in [1.82, 2.24) is 25.3 Å². The Labute approximate surface area is 167 Å². The Morgan fingerprint density at radius 2 is 1.81 bits per heavy atom. The van der Waals surface area contributed by atoms with Gasteiger partial charge in [0.05, 0.1) is 0 Å². The minimum Gasteiger partial charge on any atom is -0.354 e. The van der Waals surface area contributed by atoms with Crippen LogP contribution in [0.25, 0.3) is 0 Å². The van der Waals surface area contributed by atoms with Gasteiger partial charge in [-0.1, -0.05) is 19.3 Å². The normalized spacial score (nSPS) is 22.9. The molecule has 9 heteroatoms. The number of imide groups is 1. The van der Waals surface area contributed by atoms with Gasteiger partial charge in [-0.3, -0.25) is 14.5 Å². The van der Waals surface area contributed by atoms with Crippen LogP contribution < -0.4 is 10.6 Å². The molecule has 1 spiro atoms. The van der Waals surface area contributed by atoms with E-state index in [-0.39, 0.29) is 36.8 Å². The van der Waals surface area contributed by atoms with E-state index in [1.165, 1.54) is 0 Å². The molecule has 2 saturated heterocycles. The zero-order chi connectivity index (χ0) is 18.6. The number of urea groups is 1. The first-order chi connectivity index (χ1) is 12.5. The topological polar surface area (TPSA) is 85.0 Å². The summed E-state index contributed by atoms with van der Waals surface area (Å²) in [7, 11) is 1.69. The molecule has 8 nitrogen and oxygen atoms in total. The monoisotopic (exact) mass is 401 g/mol. The quantitative estimate of drug-likeness (QED) is 0.497. The predicted octanol–water partition coefficient (Wildman–Crippen LogP) is 0.417. The van der Waals surface area contributed by atoms with Crippen molar-refractivity contribution in [2.75, 3.05) is 52.9 Å². The summed E-state index contributed by atoms with van der Waals surface area (Å²) < 4.78 is 0. The molecular weight excluding hydrogens is 370 g/mol. The Hall–Kier alpha value is -1.38. The number of piperazine rings is 1. The van der Waals surface area contributed by atoms with E-state index in [4.69, 9.17) is 0 Å². The van der Waals surface area contributed by atoms with E-state index in [1.807, 2.05) is 0 Å². The molecular formula is C18H32ClN5O3. The number of nitrogens with zero attached hydrogens (tertiary/aromatic N) is 3. The SMILES string of the molecule is CN1C(=O)N(CC(=O)NCCCN2CCNCC2)C(=O)C12CCCCC2.Cl. The molecule has 0 bridgehead atoms. The molecule has 0 aromatic carbocycles. The average molecular weight is 402 g/mol. The van der Waals surface area contributed by atoms with Crippen molar-refractivity contribution in [1.29, 1.82) is 0 Å². The first-order valence-corrected chi connectivity index (χ1v) is 9.84. The van der Waals surface area contributed by atoms with Gasteiger partial charge in [0, 0.05) is 39.8 Å². The fraction of sp³-hybridized carbons (Fsp3) is 0.833. The van der Waals surface area contributed by atoms with Crippen molar-refractivity contribution >= 4 is 30.3 Å². The number of halogens is 1. The minimum atomic E-state index is -0.710. The van der Waals surface area contributed by atoms with Crippen LogP contribution in [0.1, 0.15) is 38.5 Å². The lowest BCUT2D eigenvalue weighted by atomic mass is 9.81. The van der Waals surface area contributed by atoms with Gasteiger partial charge in [0.25, 0.3) is 5.91 Å². The maximum atomic E-state index is 12.8. The number of hydrogen-bond acceptors (Lipinski definition) is 5. The third-order valence-corrected chi connectivity index (χ3v) is 5.97. The number of nitrogens with one attached hydrogen (secondary N) is 2. The molecule has 0 aromatic rings. The molecule has 2 heterocycles. The van der Waals surface area contributed by atoms with Crippen LogP contribution in [0.4, 0.5) is 4.79 Å². The predicted molar refractivity (Wildman–Crippen MR) is 105 cm³/mol. The van der Waals surface area contributed by atoms with Gasteiger partial charge in [0.1, 0.15) is 12.1 Å². The van der Waals surface area contributed by atoms with Crippen molar-refractivity contribution in [2.45, 2.75) is 44.1 Å². The smallest absolute Gasteiger partial charge is 0.327 e. The first kappa shape index (κ1) is 21.9. The van der Waals surface area contributed by atoms with Gasteiger partial charge in [0.2, 0.25) is 5.91 Å². The third-order valence-electron chi connectivity index (χ3n) is 5.97. The number of hydrogen-bond donors (Lipinski definition) is 2. The lowest BCUT2D eigenvalue weighted by Gasteiger charge is -2.35. The minimum absolute atomic E-state index is 0. The van der Waals surface area contributed by atoms with Crippen LogP contribution in [0, 0.1) is 0 Å². The highest BCUT2D eigenvalue weighted by Crippen LogP contribution is 2.39. The van der Waals surface area contributed by atoms with E-state index in [0.717, 1.165) is 63.3 Å². The molecule has 0 unspecified atom stereocenters. The summed E-state index contributed by atoms with van der Waals surface area (Å²) in [5.41, 5.74) is -0.710. The number of amides is 4. The van der Waals surface area contributed by atoms with E-state index in [1.54, 1.807) is 11.9 Å². The Morgan fingerprint density at radius 3 is 2.48 bits per heavy atom. The second-order valence-electron chi connectivity index (χ2n) is 7.62. The van der Waals surface area contributed by atoms with Crippen molar-refractivity contribution < 1.29 is 14.4 Å². The highest BCUT2D eigenvalue weighted by molar-refractivity contribution is 6.08. The molecule has 0 atom stereocenters. The molecule has 3 fully saturated rings. The van der Waals surface area contributed by atoms with Crippen molar-refractivity contribution in [3.8, 4) is 0 Å². The molecule has 1 saturated carbocycles. The zero-order valence-electron chi connectivity index (χ0n) is 16.2. The molecule has 2 N–H and O–H groups in total. The zero-order valence-corrected chi connectivity index (χ0v) is 17.0. The number of likely N-dealkylation sites (N-methyl/N-ethyl adjacent to an activating group) is 1. The standard InChI is InChI=1S/C18H31N5O3.ClH/c1-21-17(26)23(16(25)18(21)6-3-2-4-7-18)14-15(24)20-8-5-11-22-12-9-19-10-13-22;/h19H,2-14H2,1H3,(H,20,24);1H. The summed E-state index contributed by atoms with van der Waals surface area (Å²) in [5, 5.41) is 6.17. The highest BCUT2D eigenvalue weighted by Gasteiger charge is 2.55. The first-order valence-electron chi connectivity index (χ1n) is 9.84. The summed E-state index contributed by atoms with van der Waals surface area (Å²) in [4.78, 5) is 42.6. The van der Waals surface area contributed by atoms with E-state index >= 15 is 0 Å². The molecule has 0 aromatic heterocycles. The Morgan fingerprint density at radius 1 is 1.15 bits per heavy atom. The van der Waals surface area contributed by atoms with Crippen LogP contribution in [-0.4, -0.2) is 90.9 Å². The third kappa shape index (κ3) is 4.73. The molecule has 4 amide bonds. The van der Waals surface area contributed by atoms with E-state index in [2.05, 4.69) is 15.5 Å². The van der Waals surface area contributed by atoms with Gasteiger partial charge in [-0.25, -0.2) is 4.79 Å². The molecule has 2 aliphatic heterocycles. The summed E-state index contributed by atoms with van der Waals surface area (Å²) in [6, 6.07) is -0.340. The van der Waals surface area contributed by atoms with Crippen LogP contribution in [0.3, 0.4) is 0 Å². The average Bonchev–Trinajstić information content (AvgIpc) is 2.83. The summed E-state index contributed by atoms with van der Waals surface area (Å²) in [6.45, 7) is 5.46. The Bertz CT molecular complexity index is 547. The van der Waals surface area contributed by atoms with Gasteiger partial charge >= 0.3 is 6.03 Å². The maximum Gasteiger partial charge on any atom is 0.327 e. The van der Waals surface area contributed by atoms with Gasteiger partial charge in [-0.05, 0) is 25.8 Å². The number of rotatable bonds is 6. The van der Waals surface area contributed by atoms with Gasteiger partial charge < -0.3 is 20.4 Å². The molecule has 0 radical (unpaired) electrons. The van der Waals surface area contributed by atoms with E-state index in [0.29, 0.717) is 19.4 Å². The van der Waals surface area contributed by atoms with Crippen LogP contribution in [-0.2, 0) is 9.59 Å². The maximum absolute atomic E-state index is 12.8. The summed E-state index contributed by atoms with van der Waals surface area (Å²) in [5.74, 6) is -0.450. The van der Waals surface area contributed by atoms with Crippen LogP contribution in [0.2, 0.25) is 0 Å². The van der Waals surface area contributed by atoms with Crippen molar-refractivity contribution in [3.05, 3.63) is 0 Å². The van der Waals surface area contributed by atoms with Crippen LogP contribution >= 0.6 is 12.4 Å². The second kappa shape index (κ2) is 9.71. The second-order valence-corrected chi connectivity index (χ2v) is 7.62.